The van der Waals surface area contributed by atoms with Gasteiger partial charge >= 0.3 is 0 Å². The fourth-order valence-electron chi connectivity index (χ4n) is 6.83. The Morgan fingerprint density at radius 3 is 2.32 bits per heavy atom. The van der Waals surface area contributed by atoms with Crippen LogP contribution in [0.25, 0.3) is 5.76 Å². The summed E-state index contributed by atoms with van der Waals surface area (Å²) in [5, 5.41) is 45.4. The highest BCUT2D eigenvalue weighted by molar-refractivity contribution is 6.24. The fourth-order valence-corrected chi connectivity index (χ4v) is 6.83. The van der Waals surface area contributed by atoms with E-state index in [9.17, 15) is 34.8 Å². The van der Waals surface area contributed by atoms with Gasteiger partial charge in [-0.25, -0.2) is 0 Å². The second-order valence-electron chi connectivity index (χ2n) is 12.5. The molecule has 3 aliphatic rings. The molecule has 1 aromatic rings. The zero-order valence-electron chi connectivity index (χ0n) is 24.7. The Kier molecular flexibility index (Phi) is 8.03. The summed E-state index contributed by atoms with van der Waals surface area (Å²) in [5.41, 5.74) is 2.95. The number of phenols is 1. The van der Waals surface area contributed by atoms with Crippen LogP contribution in [-0.2, 0) is 27.3 Å². The lowest BCUT2D eigenvalue weighted by Gasteiger charge is -2.50. The lowest BCUT2D eigenvalue weighted by molar-refractivity contribution is -0.153. The number of hydrogen-bond donors (Lipinski definition) is 5. The van der Waals surface area contributed by atoms with E-state index in [4.69, 9.17) is 10.5 Å². The van der Waals surface area contributed by atoms with Crippen LogP contribution < -0.4 is 10.5 Å². The van der Waals surface area contributed by atoms with Crippen LogP contribution in [0.5, 0.6) is 11.5 Å². The molecule has 1 amide bonds. The number of Topliss-reactive ketones (excluding diaryl/α,β-unsaturated/α-hetero) is 2. The number of ketones is 2. The number of primary amides is 1. The van der Waals surface area contributed by atoms with E-state index in [0.717, 1.165) is 12.1 Å². The highest BCUT2D eigenvalue weighted by Gasteiger charge is 2.64. The van der Waals surface area contributed by atoms with Crippen LogP contribution in [0.15, 0.2) is 23.0 Å². The molecule has 3 aliphatic carbocycles. The Bertz CT molecular complexity index is 1360. The summed E-state index contributed by atoms with van der Waals surface area (Å²) in [5.74, 6) is -5.87. The second kappa shape index (κ2) is 10.8. The van der Waals surface area contributed by atoms with Gasteiger partial charge in [0.2, 0.25) is 5.78 Å². The zero-order valence-corrected chi connectivity index (χ0v) is 24.7. The van der Waals surface area contributed by atoms with Gasteiger partial charge in [0.1, 0.15) is 28.6 Å². The van der Waals surface area contributed by atoms with Crippen molar-refractivity contribution in [3.8, 4) is 11.5 Å². The molecule has 41 heavy (non-hydrogen) atoms. The lowest BCUT2D eigenvalue weighted by atomic mass is 9.57. The van der Waals surface area contributed by atoms with Crippen molar-refractivity contribution in [1.29, 1.82) is 0 Å². The topological polar surface area (TPSA) is 174 Å². The molecule has 1 saturated carbocycles. The first-order valence-corrected chi connectivity index (χ1v) is 13.9. The van der Waals surface area contributed by atoms with Crippen molar-refractivity contribution < 1.29 is 39.5 Å². The van der Waals surface area contributed by atoms with Gasteiger partial charge in [0, 0.05) is 35.7 Å². The van der Waals surface area contributed by atoms with Gasteiger partial charge < -0.3 is 35.8 Å². The predicted octanol–water partition coefficient (Wildman–Crippen LogP) is 1.84. The number of ether oxygens (including phenoxy) is 1. The van der Waals surface area contributed by atoms with Crippen LogP contribution in [0.4, 0.5) is 0 Å². The summed E-state index contributed by atoms with van der Waals surface area (Å²) in [6.07, 6.45) is -0.0383. The molecule has 0 unspecified atom stereocenters. The van der Waals surface area contributed by atoms with E-state index in [1.54, 1.807) is 14.1 Å². The first-order chi connectivity index (χ1) is 19.0. The van der Waals surface area contributed by atoms with Gasteiger partial charge in [-0.3, -0.25) is 19.3 Å². The summed E-state index contributed by atoms with van der Waals surface area (Å²) in [6, 6.07) is 0.377. The van der Waals surface area contributed by atoms with E-state index >= 15 is 0 Å². The highest BCUT2D eigenvalue weighted by atomic mass is 16.5. The monoisotopic (exact) mass is 571 g/mol. The largest absolute Gasteiger partial charge is 0.508 e. The molecule has 0 radical (unpaired) electrons. The highest BCUT2D eigenvalue weighted by Crippen LogP contribution is 2.54. The van der Waals surface area contributed by atoms with Gasteiger partial charge in [0.15, 0.2) is 11.4 Å². The van der Waals surface area contributed by atoms with Crippen LogP contribution >= 0.6 is 0 Å². The molecule has 0 aromatic heterocycles. The van der Waals surface area contributed by atoms with Crippen LogP contribution in [0, 0.1) is 17.8 Å². The van der Waals surface area contributed by atoms with E-state index in [-0.39, 0.29) is 35.8 Å². The summed E-state index contributed by atoms with van der Waals surface area (Å²) in [6.45, 7) is 9.22. The molecular weight excluding hydrogens is 530 g/mol. The molecule has 1 fully saturated rings. The van der Waals surface area contributed by atoms with E-state index in [1.165, 1.54) is 11.0 Å². The minimum absolute atomic E-state index is 0.0190. The summed E-state index contributed by atoms with van der Waals surface area (Å²) < 4.78 is 6.25. The molecule has 0 heterocycles. The first-order valence-electron chi connectivity index (χ1n) is 13.9. The van der Waals surface area contributed by atoms with Crippen molar-refractivity contribution in [2.75, 3.05) is 27.7 Å². The Labute approximate surface area is 239 Å². The number of hydrogen-bond acceptors (Lipinski definition) is 10. The van der Waals surface area contributed by atoms with Crippen molar-refractivity contribution in [2.24, 2.45) is 23.5 Å². The van der Waals surface area contributed by atoms with Crippen molar-refractivity contribution in [2.45, 2.75) is 64.8 Å². The van der Waals surface area contributed by atoms with Crippen molar-refractivity contribution in [1.82, 2.24) is 9.80 Å². The molecule has 11 heteroatoms. The van der Waals surface area contributed by atoms with E-state index in [2.05, 4.69) is 18.7 Å². The van der Waals surface area contributed by atoms with Crippen molar-refractivity contribution >= 4 is 23.2 Å². The number of aromatic hydroxyl groups is 1. The number of fused-ring (bicyclic) bond motifs is 3. The molecule has 0 bridgehead atoms. The third-order valence-electron chi connectivity index (χ3n) is 8.22. The SMILES string of the molecule is CC(C)CN(C)Cc1cc(O)c2c(c1OC(C)C)C[C@H]1C[C@H]3[C@H](N(C)C)C(=O)C(C(N)=O)=C(O)[C@@]3(O)C(=O)C1=C2O. The van der Waals surface area contributed by atoms with E-state index in [1.807, 2.05) is 20.9 Å². The number of benzene rings is 1. The molecule has 0 aliphatic heterocycles. The van der Waals surface area contributed by atoms with Crippen LogP contribution in [-0.4, -0.2) is 93.1 Å². The van der Waals surface area contributed by atoms with Crippen molar-refractivity contribution in [3.05, 3.63) is 39.7 Å². The second-order valence-corrected chi connectivity index (χ2v) is 12.5. The number of amides is 1. The molecule has 224 valence electrons. The maximum atomic E-state index is 14.0. The Balaban J connectivity index is 1.93. The number of phenolic OH excluding ortho intramolecular Hbond substituents is 1. The number of nitrogens with zero attached hydrogens (tertiary/aromatic N) is 2. The average Bonchev–Trinajstić information content (AvgIpc) is 2.82. The van der Waals surface area contributed by atoms with E-state index < -0.39 is 58.0 Å². The van der Waals surface area contributed by atoms with Gasteiger partial charge in [-0.1, -0.05) is 13.8 Å². The maximum absolute atomic E-state index is 14.0. The molecule has 4 rings (SSSR count). The number of carbonyl (C=O) groups excluding carboxylic acids is 3. The van der Waals surface area contributed by atoms with Crippen LogP contribution in [0.2, 0.25) is 0 Å². The zero-order chi connectivity index (χ0) is 30.7. The summed E-state index contributed by atoms with van der Waals surface area (Å²) in [7, 11) is 5.10. The molecular formula is C30H41N3O8. The van der Waals surface area contributed by atoms with Gasteiger partial charge in [0.25, 0.3) is 5.91 Å². The number of aliphatic hydroxyl groups excluding tert-OH is 2. The Morgan fingerprint density at radius 1 is 1.15 bits per heavy atom. The van der Waals surface area contributed by atoms with Crippen LogP contribution in [0.3, 0.4) is 0 Å². The molecule has 0 saturated heterocycles. The number of rotatable bonds is 8. The van der Waals surface area contributed by atoms with Gasteiger partial charge in [-0.15, -0.1) is 0 Å². The first kappa shape index (κ1) is 30.5. The lowest BCUT2D eigenvalue weighted by Crippen LogP contribution is -2.65. The van der Waals surface area contributed by atoms with Gasteiger partial charge in [-0.05, 0) is 65.7 Å². The summed E-state index contributed by atoms with van der Waals surface area (Å²) in [4.78, 5) is 43.0. The maximum Gasteiger partial charge on any atom is 0.255 e. The molecule has 4 atom stereocenters. The number of carbonyl (C=O) groups is 3. The smallest absolute Gasteiger partial charge is 0.255 e. The van der Waals surface area contributed by atoms with Gasteiger partial charge in [0.05, 0.1) is 17.7 Å². The normalized spacial score (nSPS) is 26.2. The Hall–Kier alpha value is -3.41. The standard InChI is InChI=1S/C30H41N3O8/c1-13(2)11-33(7)12-16-10-19(34)21-17(26(16)41-14(3)4)8-15-9-18-23(32(5)6)25(36)22(29(31)39)28(38)30(18,40)27(37)20(15)24(21)35/h10,13-15,18,23,34-35,38,40H,8-9,11-12H2,1-7H3,(H2,31,39)/t15-,18-,23-,30-/m0/s1. The number of likely N-dealkylation sites (N-methyl/N-ethyl adjacent to an activating group) is 1. The molecule has 6 N–H and O–H groups in total. The minimum atomic E-state index is -2.67. The number of nitrogens with two attached hydrogens (primary N) is 1. The predicted molar refractivity (Wildman–Crippen MR) is 151 cm³/mol. The molecule has 1 aromatic carbocycles. The summed E-state index contributed by atoms with van der Waals surface area (Å²) >= 11 is 0. The van der Waals surface area contributed by atoms with E-state index in [0.29, 0.717) is 23.8 Å². The molecule has 11 nitrogen and oxygen atoms in total. The third kappa shape index (κ3) is 4.89. The van der Waals surface area contributed by atoms with Crippen molar-refractivity contribution in [3.63, 3.8) is 0 Å². The van der Waals surface area contributed by atoms with Crippen LogP contribution in [0.1, 0.15) is 50.8 Å². The minimum Gasteiger partial charge on any atom is -0.508 e. The fraction of sp³-hybridized carbons (Fsp3) is 0.567. The Morgan fingerprint density at radius 2 is 1.78 bits per heavy atom. The third-order valence-corrected chi connectivity index (χ3v) is 8.22. The molecule has 0 spiro atoms. The van der Waals surface area contributed by atoms with Gasteiger partial charge in [-0.2, -0.15) is 0 Å². The average molecular weight is 572 g/mol. The number of aliphatic hydroxyl groups is 3. The quantitative estimate of drug-likeness (QED) is 0.290.